The van der Waals surface area contributed by atoms with Gasteiger partial charge >= 0.3 is 0 Å². The van der Waals surface area contributed by atoms with Crippen molar-refractivity contribution in [3.05, 3.63) is 16.1 Å². The van der Waals surface area contributed by atoms with Crippen molar-refractivity contribution in [2.75, 3.05) is 13.6 Å². The summed E-state index contributed by atoms with van der Waals surface area (Å²) in [6.07, 6.45) is 5.30. The van der Waals surface area contributed by atoms with Gasteiger partial charge in [0.25, 0.3) is 0 Å². The lowest BCUT2D eigenvalue weighted by Gasteiger charge is -2.41. The molecule has 0 amide bonds. The van der Waals surface area contributed by atoms with Crippen molar-refractivity contribution in [1.82, 2.24) is 10.3 Å². The topological polar surface area (TPSA) is 24.9 Å². The number of rotatable bonds is 4. The van der Waals surface area contributed by atoms with Gasteiger partial charge < -0.3 is 5.32 Å². The maximum absolute atomic E-state index is 4.55. The highest BCUT2D eigenvalue weighted by Crippen LogP contribution is 2.43. The Morgan fingerprint density at radius 2 is 2.36 bits per heavy atom. The second-order valence-corrected chi connectivity index (χ2v) is 5.39. The van der Waals surface area contributed by atoms with Crippen LogP contribution >= 0.6 is 11.3 Å². The smallest absolute Gasteiger partial charge is 0.0934 e. The molecule has 0 aliphatic heterocycles. The van der Waals surface area contributed by atoms with E-state index in [1.165, 1.54) is 36.4 Å². The maximum Gasteiger partial charge on any atom is 0.0934 e. The molecule has 1 aromatic rings. The summed E-state index contributed by atoms with van der Waals surface area (Å²) in [6.45, 7) is 3.22. The summed E-state index contributed by atoms with van der Waals surface area (Å²) in [6, 6.07) is 0. The van der Waals surface area contributed by atoms with Gasteiger partial charge in [0, 0.05) is 24.0 Å². The van der Waals surface area contributed by atoms with Gasteiger partial charge in [-0.15, -0.1) is 11.3 Å². The fourth-order valence-electron chi connectivity index (χ4n) is 2.27. The zero-order chi connectivity index (χ0) is 10.0. The van der Waals surface area contributed by atoms with Gasteiger partial charge in [-0.3, -0.25) is 0 Å². The van der Waals surface area contributed by atoms with E-state index in [1.54, 1.807) is 0 Å². The lowest BCUT2D eigenvalue weighted by molar-refractivity contribution is 0.133. The molecule has 3 heteroatoms. The number of nitrogens with one attached hydrogen (secondary N) is 1. The molecule has 1 aliphatic rings. The second kappa shape index (κ2) is 3.99. The van der Waals surface area contributed by atoms with E-state index in [4.69, 9.17) is 0 Å². The van der Waals surface area contributed by atoms with Crippen LogP contribution in [0.25, 0.3) is 0 Å². The van der Waals surface area contributed by atoms with Crippen LogP contribution < -0.4 is 5.32 Å². The van der Waals surface area contributed by atoms with E-state index >= 15 is 0 Å². The van der Waals surface area contributed by atoms with Crippen molar-refractivity contribution in [3.8, 4) is 0 Å². The van der Waals surface area contributed by atoms with Gasteiger partial charge in [-0.1, -0.05) is 6.42 Å². The van der Waals surface area contributed by atoms with Crippen LogP contribution in [0.1, 0.15) is 30.0 Å². The predicted octanol–water partition coefficient (Wildman–Crippen LogP) is 2.38. The molecule has 1 N–H and O–H groups in total. The van der Waals surface area contributed by atoms with Gasteiger partial charge in [-0.2, -0.15) is 0 Å². The lowest BCUT2D eigenvalue weighted by Crippen LogP contribution is -2.40. The summed E-state index contributed by atoms with van der Waals surface area (Å²) in [5.74, 6) is 0. The van der Waals surface area contributed by atoms with Crippen LogP contribution in [0.3, 0.4) is 0 Å². The van der Waals surface area contributed by atoms with E-state index in [2.05, 4.69) is 22.6 Å². The Kier molecular flexibility index (Phi) is 2.88. The van der Waals surface area contributed by atoms with Crippen LogP contribution in [0.2, 0.25) is 0 Å². The van der Waals surface area contributed by atoms with Crippen LogP contribution in [-0.4, -0.2) is 18.6 Å². The van der Waals surface area contributed by atoms with E-state index in [1.807, 2.05) is 18.4 Å². The third kappa shape index (κ3) is 1.98. The number of hydrogen-bond donors (Lipinski definition) is 1. The number of hydrogen-bond acceptors (Lipinski definition) is 3. The average molecular weight is 210 g/mol. The summed E-state index contributed by atoms with van der Waals surface area (Å²) < 4.78 is 0. The third-order valence-corrected chi connectivity index (χ3v) is 4.13. The summed E-state index contributed by atoms with van der Waals surface area (Å²) in [5, 5.41) is 6.79. The molecular formula is C11H18N2S. The highest BCUT2D eigenvalue weighted by Gasteiger charge is 2.36. The summed E-state index contributed by atoms with van der Waals surface area (Å²) in [5.41, 5.74) is 1.70. The maximum atomic E-state index is 4.55. The molecule has 0 unspecified atom stereocenters. The van der Waals surface area contributed by atoms with Crippen LogP contribution in [-0.2, 0) is 6.42 Å². The zero-order valence-corrected chi connectivity index (χ0v) is 9.78. The number of thiazole rings is 1. The van der Waals surface area contributed by atoms with E-state index in [0.717, 1.165) is 6.54 Å². The molecular weight excluding hydrogens is 192 g/mol. The highest BCUT2D eigenvalue weighted by atomic mass is 32.1. The second-order valence-electron chi connectivity index (χ2n) is 4.44. The molecule has 0 radical (unpaired) electrons. The van der Waals surface area contributed by atoms with Crippen LogP contribution in [0.4, 0.5) is 0 Å². The molecule has 78 valence electrons. The summed E-state index contributed by atoms with van der Waals surface area (Å²) in [4.78, 5) is 4.55. The van der Waals surface area contributed by atoms with E-state index in [0.29, 0.717) is 5.41 Å². The Morgan fingerprint density at radius 3 is 2.79 bits per heavy atom. The standard InChI is InChI=1S/C11H18N2S/c1-9-7-14-10(13-9)6-11(8-12-2)4-3-5-11/h7,12H,3-6,8H2,1-2H3. The Balaban J connectivity index is 2.01. The van der Waals surface area contributed by atoms with Crippen molar-refractivity contribution < 1.29 is 0 Å². The molecule has 0 bridgehead atoms. The first-order valence-electron chi connectivity index (χ1n) is 5.30. The Labute approximate surface area is 89.8 Å². The average Bonchev–Trinajstić information content (AvgIpc) is 2.48. The molecule has 1 aliphatic carbocycles. The minimum atomic E-state index is 0.527. The molecule has 1 fully saturated rings. The van der Waals surface area contributed by atoms with Crippen LogP contribution in [0.15, 0.2) is 5.38 Å². The summed E-state index contributed by atoms with van der Waals surface area (Å²) >= 11 is 1.81. The molecule has 0 spiro atoms. The quantitative estimate of drug-likeness (QED) is 0.825. The Hall–Kier alpha value is -0.410. The fourth-order valence-corrected chi connectivity index (χ4v) is 3.22. The predicted molar refractivity (Wildman–Crippen MR) is 60.8 cm³/mol. The summed E-state index contributed by atoms with van der Waals surface area (Å²) in [7, 11) is 2.05. The van der Waals surface area contributed by atoms with Gasteiger partial charge in [0.05, 0.1) is 5.01 Å². The molecule has 0 atom stereocenters. The number of aryl methyl sites for hydroxylation is 1. The first-order valence-corrected chi connectivity index (χ1v) is 6.18. The Bertz CT molecular complexity index is 302. The van der Waals surface area contributed by atoms with Gasteiger partial charge in [0.1, 0.15) is 0 Å². The van der Waals surface area contributed by atoms with E-state index in [-0.39, 0.29) is 0 Å². The first kappa shape index (κ1) is 10.1. The molecule has 1 saturated carbocycles. The van der Waals surface area contributed by atoms with Crippen molar-refractivity contribution in [1.29, 1.82) is 0 Å². The minimum Gasteiger partial charge on any atom is -0.319 e. The molecule has 1 heterocycles. The van der Waals surface area contributed by atoms with Gasteiger partial charge in [-0.25, -0.2) is 4.98 Å². The normalized spacial score (nSPS) is 19.3. The monoisotopic (exact) mass is 210 g/mol. The van der Waals surface area contributed by atoms with Crippen LogP contribution in [0.5, 0.6) is 0 Å². The van der Waals surface area contributed by atoms with Crippen molar-refractivity contribution in [3.63, 3.8) is 0 Å². The minimum absolute atomic E-state index is 0.527. The zero-order valence-electron chi connectivity index (χ0n) is 8.97. The van der Waals surface area contributed by atoms with Gasteiger partial charge in [0.2, 0.25) is 0 Å². The molecule has 1 aromatic heterocycles. The van der Waals surface area contributed by atoms with E-state index in [9.17, 15) is 0 Å². The number of nitrogens with zero attached hydrogens (tertiary/aromatic N) is 1. The fraction of sp³-hybridized carbons (Fsp3) is 0.727. The van der Waals surface area contributed by atoms with Crippen LogP contribution in [0, 0.1) is 12.3 Å². The Morgan fingerprint density at radius 1 is 1.57 bits per heavy atom. The molecule has 14 heavy (non-hydrogen) atoms. The lowest BCUT2D eigenvalue weighted by atomic mass is 9.67. The van der Waals surface area contributed by atoms with Crippen molar-refractivity contribution in [2.24, 2.45) is 5.41 Å². The van der Waals surface area contributed by atoms with Gasteiger partial charge in [-0.05, 0) is 32.2 Å². The van der Waals surface area contributed by atoms with Crippen molar-refractivity contribution in [2.45, 2.75) is 32.6 Å². The van der Waals surface area contributed by atoms with E-state index < -0.39 is 0 Å². The van der Waals surface area contributed by atoms with Crippen molar-refractivity contribution >= 4 is 11.3 Å². The largest absolute Gasteiger partial charge is 0.319 e. The number of aromatic nitrogens is 1. The molecule has 2 rings (SSSR count). The SMILES string of the molecule is CNCC1(Cc2nc(C)cs2)CCC1. The molecule has 2 nitrogen and oxygen atoms in total. The third-order valence-electron chi connectivity index (χ3n) is 3.16. The first-order chi connectivity index (χ1) is 6.74. The molecule has 0 aromatic carbocycles. The highest BCUT2D eigenvalue weighted by molar-refractivity contribution is 7.09. The molecule has 0 saturated heterocycles. The van der Waals surface area contributed by atoms with Gasteiger partial charge in [0.15, 0.2) is 0 Å².